The Morgan fingerprint density at radius 3 is 2.32 bits per heavy atom. The molecule has 2 rings (SSSR count). The van der Waals surface area contributed by atoms with Crippen molar-refractivity contribution >= 4 is 24.3 Å². The number of rotatable bonds is 8. The molecule has 1 fully saturated rings. The molecule has 0 bridgehead atoms. The summed E-state index contributed by atoms with van der Waals surface area (Å²) in [6.07, 6.45) is 6.76. The van der Waals surface area contributed by atoms with Gasteiger partial charge in [-0.15, -0.1) is 12.4 Å². The van der Waals surface area contributed by atoms with Gasteiger partial charge in [0.2, 0.25) is 0 Å². The van der Waals surface area contributed by atoms with Crippen molar-refractivity contribution < 1.29 is 14.7 Å². The quantitative estimate of drug-likeness (QED) is 0.657. The molecule has 4 N–H and O–H groups in total. The van der Waals surface area contributed by atoms with Crippen molar-refractivity contribution in [1.29, 1.82) is 0 Å². The van der Waals surface area contributed by atoms with Crippen LogP contribution in [-0.2, 0) is 11.2 Å². The number of benzene rings is 1. The molecule has 0 heterocycles. The van der Waals surface area contributed by atoms with Crippen molar-refractivity contribution in [1.82, 2.24) is 5.32 Å². The van der Waals surface area contributed by atoms with Crippen LogP contribution in [0.15, 0.2) is 24.3 Å². The maximum absolute atomic E-state index is 12.3. The Kier molecular flexibility index (Phi) is 9.53. The fourth-order valence-corrected chi connectivity index (χ4v) is 3.32. The van der Waals surface area contributed by atoms with Gasteiger partial charge < -0.3 is 16.2 Å². The van der Waals surface area contributed by atoms with Gasteiger partial charge in [0.25, 0.3) is 5.91 Å². The average Bonchev–Trinajstić information content (AvgIpc) is 2.59. The maximum atomic E-state index is 12.3. The highest BCUT2D eigenvalue weighted by Crippen LogP contribution is 2.28. The number of carbonyl (C=O) groups excluding carboxylic acids is 1. The molecule has 1 amide bonds. The minimum absolute atomic E-state index is 0. The second-order valence-corrected chi connectivity index (χ2v) is 6.71. The van der Waals surface area contributed by atoms with E-state index < -0.39 is 5.97 Å². The number of hydrogen-bond acceptors (Lipinski definition) is 3. The fraction of sp³-hybridized carbons (Fsp3) is 0.579. The zero-order valence-corrected chi connectivity index (χ0v) is 15.4. The summed E-state index contributed by atoms with van der Waals surface area (Å²) in [7, 11) is 0. The molecule has 6 heteroatoms. The van der Waals surface area contributed by atoms with Crippen LogP contribution in [0.1, 0.15) is 60.9 Å². The minimum Gasteiger partial charge on any atom is -0.481 e. The average molecular weight is 369 g/mol. The molecule has 0 unspecified atom stereocenters. The number of hydrogen-bond donors (Lipinski definition) is 3. The molecular formula is C19H29ClN2O3. The van der Waals surface area contributed by atoms with Crippen LogP contribution in [0, 0.1) is 5.92 Å². The Morgan fingerprint density at radius 2 is 1.76 bits per heavy atom. The number of carboxylic acids is 1. The lowest BCUT2D eigenvalue weighted by Gasteiger charge is -2.28. The summed E-state index contributed by atoms with van der Waals surface area (Å²) in [5, 5.41) is 11.9. The third kappa shape index (κ3) is 7.45. The van der Waals surface area contributed by atoms with E-state index in [-0.39, 0.29) is 30.8 Å². The Labute approximate surface area is 155 Å². The van der Waals surface area contributed by atoms with E-state index in [4.69, 9.17) is 10.8 Å². The van der Waals surface area contributed by atoms with Crippen LogP contribution in [0.4, 0.5) is 0 Å². The van der Waals surface area contributed by atoms with Crippen LogP contribution in [0.3, 0.4) is 0 Å². The van der Waals surface area contributed by atoms with E-state index in [1.165, 1.54) is 5.56 Å². The molecule has 25 heavy (non-hydrogen) atoms. The topological polar surface area (TPSA) is 92.4 Å². The summed E-state index contributed by atoms with van der Waals surface area (Å²) >= 11 is 0. The summed E-state index contributed by atoms with van der Waals surface area (Å²) in [6.45, 7) is 0.678. The van der Waals surface area contributed by atoms with E-state index in [9.17, 15) is 9.59 Å². The Balaban J connectivity index is 0.00000312. The summed E-state index contributed by atoms with van der Waals surface area (Å²) in [5.74, 6) is -0.259. The third-order valence-corrected chi connectivity index (χ3v) is 4.83. The number of carbonyl (C=O) groups is 2. The summed E-state index contributed by atoms with van der Waals surface area (Å²) in [5.41, 5.74) is 7.41. The van der Waals surface area contributed by atoms with Crippen LogP contribution in [0.25, 0.3) is 0 Å². The van der Waals surface area contributed by atoms with Gasteiger partial charge in [-0.05, 0) is 75.1 Å². The van der Waals surface area contributed by atoms with Gasteiger partial charge in [-0.25, -0.2) is 0 Å². The van der Waals surface area contributed by atoms with Gasteiger partial charge in [-0.3, -0.25) is 9.59 Å². The lowest BCUT2D eigenvalue weighted by Crippen LogP contribution is -2.37. The number of aliphatic carboxylic acids is 1. The highest BCUT2D eigenvalue weighted by Gasteiger charge is 2.23. The minimum atomic E-state index is -0.722. The van der Waals surface area contributed by atoms with Crippen molar-refractivity contribution in [3.8, 4) is 0 Å². The molecule has 1 aromatic carbocycles. The Morgan fingerprint density at radius 1 is 1.12 bits per heavy atom. The largest absolute Gasteiger partial charge is 0.481 e. The number of carboxylic acid groups (broad SMARTS) is 1. The normalized spacial score (nSPS) is 19.7. The molecule has 0 aliphatic heterocycles. The summed E-state index contributed by atoms with van der Waals surface area (Å²) in [4.78, 5) is 23.0. The standard InChI is InChI=1S/C19H28N2O3.ClH/c20-13-1-2-14-3-8-16(9-4-14)19(24)21-17-10-5-15(6-11-17)7-12-18(22)23;/h3-4,8-9,15,17H,1-2,5-7,10-13,20H2,(H,21,24)(H,22,23);1H. The smallest absolute Gasteiger partial charge is 0.303 e. The first-order chi connectivity index (χ1) is 11.6. The molecule has 5 nitrogen and oxygen atoms in total. The number of amides is 1. The Bertz CT molecular complexity index is 540. The zero-order valence-electron chi connectivity index (χ0n) is 14.6. The van der Waals surface area contributed by atoms with Gasteiger partial charge in [0.15, 0.2) is 0 Å². The number of nitrogens with one attached hydrogen (secondary N) is 1. The van der Waals surface area contributed by atoms with Crippen molar-refractivity contribution in [2.24, 2.45) is 11.7 Å². The van der Waals surface area contributed by atoms with Gasteiger partial charge in [0, 0.05) is 18.0 Å². The van der Waals surface area contributed by atoms with Crippen molar-refractivity contribution in [2.75, 3.05) is 6.54 Å². The van der Waals surface area contributed by atoms with Gasteiger partial charge in [-0.2, -0.15) is 0 Å². The van der Waals surface area contributed by atoms with Crippen LogP contribution >= 0.6 is 12.4 Å². The third-order valence-electron chi connectivity index (χ3n) is 4.83. The van der Waals surface area contributed by atoms with Gasteiger partial charge in [0.1, 0.15) is 0 Å². The van der Waals surface area contributed by atoms with Crippen molar-refractivity contribution in [3.63, 3.8) is 0 Å². The SMILES string of the molecule is Cl.NCCCc1ccc(C(=O)NC2CCC(CCC(=O)O)CC2)cc1. The molecule has 0 aromatic heterocycles. The number of halogens is 1. The maximum Gasteiger partial charge on any atom is 0.303 e. The number of nitrogens with two attached hydrogens (primary N) is 1. The molecular weight excluding hydrogens is 340 g/mol. The zero-order chi connectivity index (χ0) is 17.4. The van der Waals surface area contributed by atoms with Crippen LogP contribution in [-0.4, -0.2) is 29.6 Å². The second-order valence-electron chi connectivity index (χ2n) is 6.71. The Hall–Kier alpha value is -1.59. The molecule has 0 radical (unpaired) electrons. The molecule has 1 aliphatic carbocycles. The molecule has 1 saturated carbocycles. The molecule has 140 valence electrons. The molecule has 0 spiro atoms. The lowest BCUT2D eigenvalue weighted by atomic mass is 9.83. The van der Waals surface area contributed by atoms with Crippen molar-refractivity contribution in [2.45, 2.75) is 57.4 Å². The number of aryl methyl sites for hydroxylation is 1. The molecule has 0 atom stereocenters. The first-order valence-electron chi connectivity index (χ1n) is 8.90. The first kappa shape index (κ1) is 21.5. The highest BCUT2D eigenvalue weighted by atomic mass is 35.5. The fourth-order valence-electron chi connectivity index (χ4n) is 3.32. The van der Waals surface area contributed by atoms with E-state index in [0.29, 0.717) is 18.0 Å². The van der Waals surface area contributed by atoms with E-state index in [0.717, 1.165) is 44.9 Å². The summed E-state index contributed by atoms with van der Waals surface area (Å²) in [6, 6.07) is 7.94. The van der Waals surface area contributed by atoms with Crippen LogP contribution in [0.5, 0.6) is 0 Å². The van der Waals surface area contributed by atoms with Crippen LogP contribution in [0.2, 0.25) is 0 Å². The molecule has 0 saturated heterocycles. The molecule has 1 aliphatic rings. The van der Waals surface area contributed by atoms with Gasteiger partial charge in [0.05, 0.1) is 0 Å². The second kappa shape index (κ2) is 11.1. The van der Waals surface area contributed by atoms with Crippen LogP contribution < -0.4 is 11.1 Å². The van der Waals surface area contributed by atoms with Crippen molar-refractivity contribution in [3.05, 3.63) is 35.4 Å². The van der Waals surface area contributed by atoms with E-state index >= 15 is 0 Å². The monoisotopic (exact) mass is 368 g/mol. The molecule has 1 aromatic rings. The first-order valence-corrected chi connectivity index (χ1v) is 8.90. The predicted octanol–water partition coefficient (Wildman–Crippen LogP) is 3.15. The predicted molar refractivity (Wildman–Crippen MR) is 101 cm³/mol. The van der Waals surface area contributed by atoms with E-state index in [2.05, 4.69) is 5.32 Å². The lowest BCUT2D eigenvalue weighted by molar-refractivity contribution is -0.137. The van der Waals surface area contributed by atoms with E-state index in [1.807, 2.05) is 24.3 Å². The van der Waals surface area contributed by atoms with Gasteiger partial charge in [-0.1, -0.05) is 12.1 Å². The van der Waals surface area contributed by atoms with E-state index in [1.54, 1.807) is 0 Å². The summed E-state index contributed by atoms with van der Waals surface area (Å²) < 4.78 is 0. The highest BCUT2D eigenvalue weighted by molar-refractivity contribution is 5.94. The van der Waals surface area contributed by atoms with Gasteiger partial charge >= 0.3 is 5.97 Å².